The number of nitrogens with zero attached hydrogens (tertiary/aromatic N) is 3. The summed E-state index contributed by atoms with van der Waals surface area (Å²) < 4.78 is 13.4. The van der Waals surface area contributed by atoms with E-state index in [0.29, 0.717) is 24.6 Å². The maximum atomic E-state index is 12.9. The second-order valence-corrected chi connectivity index (χ2v) is 9.16. The first-order chi connectivity index (χ1) is 17.1. The van der Waals surface area contributed by atoms with Crippen LogP contribution in [-0.2, 0) is 11.3 Å². The van der Waals surface area contributed by atoms with Crippen LogP contribution in [0.2, 0.25) is 5.02 Å². The Hall–Kier alpha value is -3.51. The van der Waals surface area contributed by atoms with Gasteiger partial charge in [0.25, 0.3) is 0 Å². The zero-order valence-electron chi connectivity index (χ0n) is 19.7. The fourth-order valence-electron chi connectivity index (χ4n) is 4.63. The third-order valence-electron chi connectivity index (χ3n) is 6.42. The topological polar surface area (TPSA) is 56.6 Å². The van der Waals surface area contributed by atoms with Crippen LogP contribution < -0.4 is 14.4 Å². The highest BCUT2D eigenvalue weighted by molar-refractivity contribution is 6.30. The van der Waals surface area contributed by atoms with Crippen molar-refractivity contribution in [1.82, 2.24) is 9.55 Å². The molecule has 6 nitrogen and oxygen atoms in total. The van der Waals surface area contributed by atoms with E-state index in [-0.39, 0.29) is 11.8 Å². The summed E-state index contributed by atoms with van der Waals surface area (Å²) in [4.78, 5) is 19.7. The molecule has 0 saturated carbocycles. The minimum Gasteiger partial charge on any atom is -0.497 e. The van der Waals surface area contributed by atoms with Gasteiger partial charge in [0, 0.05) is 36.1 Å². The van der Waals surface area contributed by atoms with Crippen LogP contribution in [0.25, 0.3) is 11.0 Å². The third kappa shape index (κ3) is 5.13. The number of carbonyl (C=O) groups excluding carboxylic acids is 1. The van der Waals surface area contributed by atoms with Crippen molar-refractivity contribution < 1.29 is 14.3 Å². The molecule has 0 bridgehead atoms. The molecular formula is C28H28ClN3O3. The standard InChI is InChI=1S/C28H28ClN3O3/c1-34-23-12-14-24(15-13-23)35-17-5-4-16-31-26-7-3-2-6-25(26)30-28(31)20-18-27(33)32(19-20)22-10-8-21(29)9-11-22/h2-3,6-15,20H,4-5,16-19H2,1H3/t20-/m1/s1. The van der Waals surface area contributed by atoms with Crippen molar-refractivity contribution >= 4 is 34.2 Å². The molecule has 0 unspecified atom stereocenters. The van der Waals surface area contributed by atoms with Crippen LogP contribution >= 0.6 is 11.6 Å². The minimum absolute atomic E-state index is 0.0427. The van der Waals surface area contributed by atoms with E-state index >= 15 is 0 Å². The fourth-order valence-corrected chi connectivity index (χ4v) is 4.75. The first-order valence-electron chi connectivity index (χ1n) is 11.9. The van der Waals surface area contributed by atoms with Gasteiger partial charge in [0.05, 0.1) is 24.8 Å². The lowest BCUT2D eigenvalue weighted by Crippen LogP contribution is -2.24. The number of unbranched alkanes of at least 4 members (excludes halogenated alkanes) is 1. The number of benzene rings is 3. The number of carbonyl (C=O) groups is 1. The lowest BCUT2D eigenvalue weighted by Gasteiger charge is -2.17. The summed E-state index contributed by atoms with van der Waals surface area (Å²) in [6, 6.07) is 23.3. The summed E-state index contributed by atoms with van der Waals surface area (Å²) in [6.07, 6.45) is 2.32. The molecule has 1 aromatic heterocycles. The Balaban J connectivity index is 1.26. The number of para-hydroxylation sites is 2. The predicted molar refractivity (Wildman–Crippen MR) is 139 cm³/mol. The quantitative estimate of drug-likeness (QED) is 0.267. The second-order valence-electron chi connectivity index (χ2n) is 8.72. The number of aryl methyl sites for hydroxylation is 1. The van der Waals surface area contributed by atoms with Gasteiger partial charge in [-0.3, -0.25) is 4.79 Å². The lowest BCUT2D eigenvalue weighted by molar-refractivity contribution is -0.117. The van der Waals surface area contributed by atoms with Crippen molar-refractivity contribution in [3.8, 4) is 11.5 Å². The monoisotopic (exact) mass is 489 g/mol. The van der Waals surface area contributed by atoms with Crippen LogP contribution in [0.4, 0.5) is 5.69 Å². The van der Waals surface area contributed by atoms with Gasteiger partial charge in [-0.15, -0.1) is 0 Å². The average molecular weight is 490 g/mol. The number of imidazole rings is 1. The Bertz CT molecular complexity index is 1300. The fraction of sp³-hybridized carbons (Fsp3) is 0.286. The molecule has 0 radical (unpaired) electrons. The van der Waals surface area contributed by atoms with E-state index in [1.807, 2.05) is 71.6 Å². The van der Waals surface area contributed by atoms with Crippen LogP contribution in [-0.4, -0.2) is 35.7 Å². The molecule has 4 aromatic rings. The lowest BCUT2D eigenvalue weighted by atomic mass is 10.1. The van der Waals surface area contributed by atoms with E-state index in [4.69, 9.17) is 26.1 Å². The molecule has 5 rings (SSSR count). The number of methoxy groups -OCH3 is 1. The normalized spacial score (nSPS) is 15.7. The highest BCUT2D eigenvalue weighted by atomic mass is 35.5. The molecule has 1 amide bonds. The summed E-state index contributed by atoms with van der Waals surface area (Å²) in [6.45, 7) is 2.08. The molecule has 3 aromatic carbocycles. The van der Waals surface area contributed by atoms with Crippen LogP contribution in [0.1, 0.15) is 31.0 Å². The van der Waals surface area contributed by atoms with E-state index in [1.165, 1.54) is 0 Å². The molecule has 7 heteroatoms. The van der Waals surface area contributed by atoms with E-state index in [1.54, 1.807) is 7.11 Å². The number of fused-ring (bicyclic) bond motifs is 1. The molecular weight excluding hydrogens is 462 g/mol. The molecule has 1 saturated heterocycles. The highest BCUT2D eigenvalue weighted by Gasteiger charge is 2.34. The van der Waals surface area contributed by atoms with Crippen molar-refractivity contribution in [3.05, 3.63) is 83.6 Å². The minimum atomic E-state index is 0.0427. The molecule has 35 heavy (non-hydrogen) atoms. The molecule has 0 spiro atoms. The van der Waals surface area contributed by atoms with Crippen molar-refractivity contribution in [2.24, 2.45) is 0 Å². The smallest absolute Gasteiger partial charge is 0.227 e. The van der Waals surface area contributed by atoms with Crippen molar-refractivity contribution in [3.63, 3.8) is 0 Å². The molecule has 1 atom stereocenters. The van der Waals surface area contributed by atoms with Gasteiger partial charge in [-0.2, -0.15) is 0 Å². The Kier molecular flexibility index (Phi) is 6.91. The van der Waals surface area contributed by atoms with Crippen molar-refractivity contribution in [2.45, 2.75) is 31.7 Å². The maximum Gasteiger partial charge on any atom is 0.227 e. The summed E-state index contributed by atoms with van der Waals surface area (Å²) in [5.74, 6) is 2.79. The van der Waals surface area contributed by atoms with Crippen LogP contribution in [0.5, 0.6) is 11.5 Å². The Morgan fingerprint density at radius 3 is 2.49 bits per heavy atom. The number of anilines is 1. The van der Waals surface area contributed by atoms with Gasteiger partial charge in [-0.25, -0.2) is 4.98 Å². The molecule has 1 aliphatic heterocycles. The van der Waals surface area contributed by atoms with Gasteiger partial charge in [0.15, 0.2) is 0 Å². The summed E-state index contributed by atoms with van der Waals surface area (Å²) in [5.41, 5.74) is 2.95. The zero-order valence-corrected chi connectivity index (χ0v) is 20.4. The number of rotatable bonds is 9. The van der Waals surface area contributed by atoms with Gasteiger partial charge in [-0.05, 0) is 73.5 Å². The van der Waals surface area contributed by atoms with Gasteiger partial charge < -0.3 is 18.9 Å². The van der Waals surface area contributed by atoms with Gasteiger partial charge in [0.1, 0.15) is 17.3 Å². The molecule has 1 fully saturated rings. The molecule has 2 heterocycles. The van der Waals surface area contributed by atoms with Crippen molar-refractivity contribution in [2.75, 3.05) is 25.2 Å². The molecule has 0 N–H and O–H groups in total. The molecule has 1 aliphatic rings. The van der Waals surface area contributed by atoms with Crippen LogP contribution in [0, 0.1) is 0 Å². The number of ether oxygens (including phenoxy) is 2. The Labute approximate surface area is 210 Å². The van der Waals surface area contributed by atoms with Gasteiger partial charge in [0.2, 0.25) is 5.91 Å². The first kappa shape index (κ1) is 23.2. The van der Waals surface area contributed by atoms with Crippen LogP contribution in [0.15, 0.2) is 72.8 Å². The number of halogens is 1. The predicted octanol–water partition coefficient (Wildman–Crippen LogP) is 6.08. The third-order valence-corrected chi connectivity index (χ3v) is 6.67. The van der Waals surface area contributed by atoms with E-state index < -0.39 is 0 Å². The first-order valence-corrected chi connectivity index (χ1v) is 12.3. The van der Waals surface area contributed by atoms with Gasteiger partial charge in [-0.1, -0.05) is 23.7 Å². The average Bonchev–Trinajstić information content (AvgIpc) is 3.45. The van der Waals surface area contributed by atoms with E-state index in [9.17, 15) is 4.79 Å². The highest BCUT2D eigenvalue weighted by Crippen LogP contribution is 2.33. The molecule has 180 valence electrons. The summed E-state index contributed by atoms with van der Waals surface area (Å²) >= 11 is 6.03. The summed E-state index contributed by atoms with van der Waals surface area (Å²) in [7, 11) is 1.65. The largest absolute Gasteiger partial charge is 0.497 e. The van der Waals surface area contributed by atoms with Gasteiger partial charge >= 0.3 is 0 Å². The van der Waals surface area contributed by atoms with E-state index in [0.717, 1.165) is 53.4 Å². The second kappa shape index (κ2) is 10.4. The number of hydrogen-bond acceptors (Lipinski definition) is 4. The number of hydrogen-bond donors (Lipinski definition) is 0. The van der Waals surface area contributed by atoms with E-state index in [2.05, 4.69) is 10.6 Å². The number of amides is 1. The Morgan fingerprint density at radius 1 is 0.971 bits per heavy atom. The SMILES string of the molecule is COc1ccc(OCCCCn2c([C@@H]3CC(=O)N(c4ccc(Cl)cc4)C3)nc3ccccc32)cc1. The zero-order chi connectivity index (χ0) is 24.2. The van der Waals surface area contributed by atoms with Crippen molar-refractivity contribution in [1.29, 1.82) is 0 Å². The summed E-state index contributed by atoms with van der Waals surface area (Å²) in [5, 5.41) is 0.662. The maximum absolute atomic E-state index is 12.9. The number of aromatic nitrogens is 2. The molecule has 0 aliphatic carbocycles. The van der Waals surface area contributed by atoms with Crippen LogP contribution in [0.3, 0.4) is 0 Å². The Morgan fingerprint density at radius 2 is 1.71 bits per heavy atom.